The Labute approximate surface area is 197 Å². The van der Waals surface area contributed by atoms with Crippen LogP contribution in [0.2, 0.25) is 0 Å². The summed E-state index contributed by atoms with van der Waals surface area (Å²) in [6.07, 6.45) is 8.46. The second kappa shape index (κ2) is 6.88. The van der Waals surface area contributed by atoms with E-state index in [-0.39, 0.29) is 22.7 Å². The van der Waals surface area contributed by atoms with E-state index in [1.165, 1.54) is 5.57 Å². The molecule has 0 N–H and O–H groups in total. The molecule has 5 aliphatic rings. The van der Waals surface area contributed by atoms with Gasteiger partial charge in [0.05, 0.1) is 6.10 Å². The predicted octanol–water partition coefficient (Wildman–Crippen LogP) is 5.74. The van der Waals surface area contributed by atoms with E-state index in [4.69, 9.17) is 9.47 Å². The van der Waals surface area contributed by atoms with Gasteiger partial charge in [-0.15, -0.1) is 0 Å². The highest BCUT2D eigenvalue weighted by atomic mass is 16.8. The summed E-state index contributed by atoms with van der Waals surface area (Å²) in [5.41, 5.74) is 1.35. The molecule has 8 atom stereocenters. The van der Waals surface area contributed by atoms with Gasteiger partial charge >= 0.3 is 0 Å². The number of rotatable bonds is 2. The SMILES string of the molecule is CC(=O)[C@]12O[C@](C)(c3ccccc3)O[C@H]1C[C@H]1[C@@H]3CCC4=CC(=O)CC[C@]4(C)[C@H]3CC[C@@]12C. The zero-order chi connectivity index (χ0) is 23.2. The third-order valence-electron chi connectivity index (χ3n) is 10.7. The van der Waals surface area contributed by atoms with E-state index in [2.05, 4.69) is 13.8 Å². The topological polar surface area (TPSA) is 52.6 Å². The van der Waals surface area contributed by atoms with E-state index >= 15 is 0 Å². The van der Waals surface area contributed by atoms with Gasteiger partial charge in [-0.25, -0.2) is 0 Å². The number of ketones is 2. The first-order valence-corrected chi connectivity index (χ1v) is 12.8. The minimum Gasteiger partial charge on any atom is -0.339 e. The molecule has 0 bridgehead atoms. The third-order valence-corrected chi connectivity index (χ3v) is 10.7. The number of carbonyl (C=O) groups excluding carboxylic acids is 2. The summed E-state index contributed by atoms with van der Waals surface area (Å²) in [5, 5.41) is 0. The molecule has 3 saturated carbocycles. The first kappa shape index (κ1) is 21.7. The van der Waals surface area contributed by atoms with Gasteiger partial charge in [0.2, 0.25) is 0 Å². The van der Waals surface area contributed by atoms with Gasteiger partial charge < -0.3 is 9.47 Å². The van der Waals surface area contributed by atoms with Crippen molar-refractivity contribution in [3.8, 4) is 0 Å². The normalized spacial score (nSPS) is 48.4. The molecule has 0 spiro atoms. The number of carbonyl (C=O) groups is 2. The molecule has 4 fully saturated rings. The molecular weight excluding hydrogens is 412 g/mol. The van der Waals surface area contributed by atoms with Crippen LogP contribution in [0.15, 0.2) is 42.0 Å². The van der Waals surface area contributed by atoms with E-state index in [9.17, 15) is 9.59 Å². The fraction of sp³-hybridized carbons (Fsp3) is 0.655. The zero-order valence-corrected chi connectivity index (χ0v) is 20.4. The van der Waals surface area contributed by atoms with E-state index in [0.717, 1.165) is 44.1 Å². The fourth-order valence-corrected chi connectivity index (χ4v) is 9.02. The average molecular weight is 449 g/mol. The summed E-state index contributed by atoms with van der Waals surface area (Å²) in [7, 11) is 0. The third kappa shape index (κ3) is 2.65. The number of hydrogen-bond donors (Lipinski definition) is 0. The molecule has 33 heavy (non-hydrogen) atoms. The van der Waals surface area contributed by atoms with Gasteiger partial charge in [0, 0.05) is 17.4 Å². The second-order valence-electron chi connectivity index (χ2n) is 12.0. The van der Waals surface area contributed by atoms with Gasteiger partial charge in [0.25, 0.3) is 0 Å². The Morgan fingerprint density at radius 1 is 1.00 bits per heavy atom. The summed E-state index contributed by atoms with van der Waals surface area (Å²) in [6, 6.07) is 10.1. The Bertz CT molecular complexity index is 1040. The lowest BCUT2D eigenvalue weighted by molar-refractivity contribution is -0.227. The first-order valence-electron chi connectivity index (χ1n) is 12.8. The lowest BCUT2D eigenvalue weighted by Gasteiger charge is -2.59. The standard InChI is InChI=1S/C29H36O4/c1-18(30)29-25(32-28(4,33-29)19-8-6-5-7-9-19)17-24-22-11-10-20-16-21(31)12-14-26(20,2)23(22)13-15-27(24,29)3/h5-9,16,22-25H,10-15,17H2,1-4H3/t22-,23+,24+,25+,26+,27+,28-,29+/m1/s1. The van der Waals surface area contributed by atoms with E-state index in [1.54, 1.807) is 6.92 Å². The van der Waals surface area contributed by atoms with Crippen LogP contribution in [0.5, 0.6) is 0 Å². The molecule has 4 heteroatoms. The molecule has 1 heterocycles. The van der Waals surface area contributed by atoms with Gasteiger partial charge in [0.1, 0.15) is 0 Å². The largest absolute Gasteiger partial charge is 0.339 e. The Morgan fingerprint density at radius 3 is 2.48 bits per heavy atom. The number of allylic oxidation sites excluding steroid dienone is 1. The number of ether oxygens (including phenoxy) is 2. The lowest BCUT2D eigenvalue weighted by atomic mass is 9.46. The molecule has 0 unspecified atom stereocenters. The van der Waals surface area contributed by atoms with Gasteiger partial charge in [-0.3, -0.25) is 9.59 Å². The molecule has 0 amide bonds. The van der Waals surface area contributed by atoms with Crippen molar-refractivity contribution in [1.82, 2.24) is 0 Å². The highest BCUT2D eigenvalue weighted by Crippen LogP contribution is 2.71. The van der Waals surface area contributed by atoms with Crippen LogP contribution in [-0.2, 0) is 24.8 Å². The first-order chi connectivity index (χ1) is 15.6. The minimum atomic E-state index is -0.902. The van der Waals surface area contributed by atoms with Crippen molar-refractivity contribution in [3.05, 3.63) is 47.5 Å². The van der Waals surface area contributed by atoms with Crippen molar-refractivity contribution in [2.24, 2.45) is 28.6 Å². The molecule has 1 aliphatic heterocycles. The van der Waals surface area contributed by atoms with Crippen LogP contribution >= 0.6 is 0 Å². The van der Waals surface area contributed by atoms with E-state index < -0.39 is 11.4 Å². The van der Waals surface area contributed by atoms with Crippen molar-refractivity contribution in [3.63, 3.8) is 0 Å². The van der Waals surface area contributed by atoms with Crippen LogP contribution in [0.4, 0.5) is 0 Å². The summed E-state index contributed by atoms with van der Waals surface area (Å²) in [4.78, 5) is 25.6. The summed E-state index contributed by atoms with van der Waals surface area (Å²) in [5.74, 6) is 1.04. The molecule has 176 valence electrons. The van der Waals surface area contributed by atoms with Crippen molar-refractivity contribution < 1.29 is 19.1 Å². The highest BCUT2D eigenvalue weighted by molar-refractivity contribution is 5.91. The quantitative estimate of drug-likeness (QED) is 0.579. The smallest absolute Gasteiger partial charge is 0.193 e. The van der Waals surface area contributed by atoms with Crippen molar-refractivity contribution in [2.45, 2.75) is 90.1 Å². The molecule has 1 saturated heterocycles. The maximum atomic E-state index is 13.5. The fourth-order valence-electron chi connectivity index (χ4n) is 9.02. The molecule has 6 rings (SSSR count). The van der Waals surface area contributed by atoms with Crippen LogP contribution in [0.1, 0.15) is 78.2 Å². The number of benzene rings is 1. The molecule has 1 aromatic carbocycles. The van der Waals surface area contributed by atoms with Crippen molar-refractivity contribution in [2.75, 3.05) is 0 Å². The monoisotopic (exact) mass is 448 g/mol. The number of hydrogen-bond acceptors (Lipinski definition) is 4. The Hall–Kier alpha value is -1.78. The summed E-state index contributed by atoms with van der Waals surface area (Å²) >= 11 is 0. The number of fused-ring (bicyclic) bond motifs is 7. The second-order valence-corrected chi connectivity index (χ2v) is 12.0. The summed E-state index contributed by atoms with van der Waals surface area (Å²) < 4.78 is 13.6. The molecule has 4 nitrogen and oxygen atoms in total. The minimum absolute atomic E-state index is 0.112. The molecule has 4 aliphatic carbocycles. The highest BCUT2D eigenvalue weighted by Gasteiger charge is 2.75. The van der Waals surface area contributed by atoms with Gasteiger partial charge in [-0.2, -0.15) is 0 Å². The van der Waals surface area contributed by atoms with E-state index in [0.29, 0.717) is 30.0 Å². The Morgan fingerprint density at radius 2 is 1.76 bits per heavy atom. The van der Waals surface area contributed by atoms with Crippen LogP contribution in [0.25, 0.3) is 0 Å². The zero-order valence-electron chi connectivity index (χ0n) is 20.4. The van der Waals surface area contributed by atoms with Crippen LogP contribution in [0, 0.1) is 28.6 Å². The van der Waals surface area contributed by atoms with Crippen LogP contribution in [-0.4, -0.2) is 23.3 Å². The Balaban J connectivity index is 1.38. The van der Waals surface area contributed by atoms with Crippen molar-refractivity contribution in [1.29, 1.82) is 0 Å². The van der Waals surface area contributed by atoms with Crippen LogP contribution < -0.4 is 0 Å². The number of Topliss-reactive ketones (excluding diaryl/α,β-unsaturated/α-hetero) is 1. The predicted molar refractivity (Wildman–Crippen MR) is 125 cm³/mol. The lowest BCUT2D eigenvalue weighted by Crippen LogP contribution is -2.59. The molecule has 1 aromatic rings. The average Bonchev–Trinajstić information content (AvgIpc) is 3.23. The van der Waals surface area contributed by atoms with Gasteiger partial charge in [0.15, 0.2) is 23.0 Å². The maximum Gasteiger partial charge on any atom is 0.193 e. The maximum absolute atomic E-state index is 13.5. The van der Waals surface area contributed by atoms with Gasteiger partial charge in [-0.05, 0) is 81.6 Å². The van der Waals surface area contributed by atoms with Gasteiger partial charge in [-0.1, -0.05) is 49.8 Å². The van der Waals surface area contributed by atoms with Crippen LogP contribution in [0.3, 0.4) is 0 Å². The van der Waals surface area contributed by atoms with E-state index in [1.807, 2.05) is 43.3 Å². The molecule has 0 aromatic heterocycles. The summed E-state index contributed by atoms with van der Waals surface area (Å²) in [6.45, 7) is 8.41. The molecular formula is C29H36O4. The molecule has 0 radical (unpaired) electrons. The van der Waals surface area contributed by atoms with Crippen molar-refractivity contribution >= 4 is 11.6 Å². The Kier molecular flexibility index (Phi) is 4.53.